The number of nitrogens with zero attached hydrogens (tertiary/aromatic N) is 1. The second-order valence-electron chi connectivity index (χ2n) is 10.9. The van der Waals surface area contributed by atoms with Crippen LogP contribution in [0.15, 0.2) is 30.3 Å². The SMILES string of the molecule is CC(C)CC(NCC(C)(C)C)C(=O)NC1CC[C@H]2CN(Cc3ccccc3)CC12. The van der Waals surface area contributed by atoms with Crippen molar-refractivity contribution in [2.45, 2.75) is 72.5 Å². The summed E-state index contributed by atoms with van der Waals surface area (Å²) in [7, 11) is 0. The van der Waals surface area contributed by atoms with Crippen LogP contribution >= 0.6 is 0 Å². The molecule has 0 aromatic heterocycles. The Morgan fingerprint density at radius 3 is 2.52 bits per heavy atom. The Labute approximate surface area is 177 Å². The zero-order valence-corrected chi connectivity index (χ0v) is 19.1. The van der Waals surface area contributed by atoms with Gasteiger partial charge in [0.25, 0.3) is 0 Å². The molecule has 4 atom stereocenters. The van der Waals surface area contributed by atoms with Crippen molar-refractivity contribution in [3.63, 3.8) is 0 Å². The van der Waals surface area contributed by atoms with Gasteiger partial charge in [-0.1, -0.05) is 65.0 Å². The minimum Gasteiger partial charge on any atom is -0.352 e. The van der Waals surface area contributed by atoms with Crippen molar-refractivity contribution in [2.75, 3.05) is 19.6 Å². The van der Waals surface area contributed by atoms with Crippen LogP contribution in [0.3, 0.4) is 0 Å². The van der Waals surface area contributed by atoms with Crippen molar-refractivity contribution >= 4 is 5.91 Å². The lowest BCUT2D eigenvalue weighted by molar-refractivity contribution is -0.124. The van der Waals surface area contributed by atoms with Crippen molar-refractivity contribution in [3.8, 4) is 0 Å². The van der Waals surface area contributed by atoms with Gasteiger partial charge >= 0.3 is 0 Å². The minimum absolute atomic E-state index is 0.0879. The number of benzene rings is 1. The zero-order valence-electron chi connectivity index (χ0n) is 19.1. The fourth-order valence-electron chi connectivity index (χ4n) is 4.97. The number of likely N-dealkylation sites (tertiary alicyclic amines) is 1. The molecule has 4 nitrogen and oxygen atoms in total. The van der Waals surface area contributed by atoms with Gasteiger partial charge in [0.15, 0.2) is 0 Å². The lowest BCUT2D eigenvalue weighted by Crippen LogP contribution is -2.51. The predicted octanol–water partition coefficient (Wildman–Crippen LogP) is 4.06. The molecule has 1 aromatic rings. The van der Waals surface area contributed by atoms with Crippen LogP contribution in [-0.4, -0.2) is 42.5 Å². The summed E-state index contributed by atoms with van der Waals surface area (Å²) in [6.45, 7) is 15.2. The number of nitrogens with one attached hydrogen (secondary N) is 2. The maximum Gasteiger partial charge on any atom is 0.237 e. The molecule has 4 heteroatoms. The predicted molar refractivity (Wildman–Crippen MR) is 121 cm³/mol. The Kier molecular flexibility index (Phi) is 7.39. The lowest BCUT2D eigenvalue weighted by atomic mass is 9.94. The smallest absolute Gasteiger partial charge is 0.237 e. The van der Waals surface area contributed by atoms with Crippen LogP contribution in [0, 0.1) is 23.2 Å². The van der Waals surface area contributed by atoms with E-state index >= 15 is 0 Å². The molecule has 162 valence electrons. The van der Waals surface area contributed by atoms with Gasteiger partial charge in [-0.2, -0.15) is 0 Å². The second kappa shape index (κ2) is 9.61. The highest BCUT2D eigenvalue weighted by atomic mass is 16.2. The standard InChI is InChI=1S/C25H41N3O/c1-18(2)13-23(26-17-25(3,4)5)24(29)27-22-12-11-20-15-28(16-21(20)22)14-19-9-7-6-8-10-19/h6-10,18,20-23,26H,11-17H2,1-5H3,(H,27,29)/t20-,21?,22?,23?/m0/s1. The summed E-state index contributed by atoms with van der Waals surface area (Å²) in [5.74, 6) is 2.04. The fourth-order valence-corrected chi connectivity index (χ4v) is 4.97. The number of rotatable bonds is 8. The fraction of sp³-hybridized carbons (Fsp3) is 0.720. The molecule has 0 radical (unpaired) electrons. The first kappa shape index (κ1) is 22.3. The van der Waals surface area contributed by atoms with Gasteiger partial charge in [-0.15, -0.1) is 0 Å². The van der Waals surface area contributed by atoms with E-state index in [1.165, 1.54) is 18.5 Å². The maximum absolute atomic E-state index is 13.1. The van der Waals surface area contributed by atoms with Gasteiger partial charge in [0, 0.05) is 32.2 Å². The highest BCUT2D eigenvalue weighted by molar-refractivity contribution is 5.82. The molecule has 1 heterocycles. The van der Waals surface area contributed by atoms with Gasteiger partial charge in [-0.3, -0.25) is 9.69 Å². The van der Waals surface area contributed by atoms with E-state index in [9.17, 15) is 4.79 Å². The lowest BCUT2D eigenvalue weighted by Gasteiger charge is -2.28. The Morgan fingerprint density at radius 2 is 1.86 bits per heavy atom. The van der Waals surface area contributed by atoms with E-state index in [1.807, 2.05) is 0 Å². The van der Waals surface area contributed by atoms with Crippen LogP contribution in [0.25, 0.3) is 0 Å². The first-order chi connectivity index (χ1) is 13.7. The van der Waals surface area contributed by atoms with Crippen molar-refractivity contribution in [1.82, 2.24) is 15.5 Å². The number of amides is 1. The Hall–Kier alpha value is -1.39. The quantitative estimate of drug-likeness (QED) is 0.693. The van der Waals surface area contributed by atoms with E-state index in [-0.39, 0.29) is 17.4 Å². The number of carbonyl (C=O) groups is 1. The number of fused-ring (bicyclic) bond motifs is 1. The molecule has 2 aliphatic rings. The van der Waals surface area contributed by atoms with Crippen LogP contribution in [-0.2, 0) is 11.3 Å². The van der Waals surface area contributed by atoms with E-state index in [4.69, 9.17) is 0 Å². The average molecular weight is 400 g/mol. The molecule has 0 bridgehead atoms. The molecule has 2 N–H and O–H groups in total. The van der Waals surface area contributed by atoms with Crippen LogP contribution in [0.5, 0.6) is 0 Å². The molecule has 1 aliphatic carbocycles. The van der Waals surface area contributed by atoms with Gasteiger partial charge < -0.3 is 10.6 Å². The summed E-state index contributed by atoms with van der Waals surface area (Å²) >= 11 is 0. The summed E-state index contributed by atoms with van der Waals surface area (Å²) in [5, 5.41) is 6.99. The third kappa shape index (κ3) is 6.55. The van der Waals surface area contributed by atoms with Gasteiger partial charge in [0.2, 0.25) is 5.91 Å². The van der Waals surface area contributed by atoms with Crippen LogP contribution in [0.2, 0.25) is 0 Å². The number of hydrogen-bond acceptors (Lipinski definition) is 3. The Morgan fingerprint density at radius 1 is 1.14 bits per heavy atom. The molecule has 1 saturated heterocycles. The first-order valence-electron chi connectivity index (χ1n) is 11.5. The largest absolute Gasteiger partial charge is 0.352 e. The maximum atomic E-state index is 13.1. The second-order valence-corrected chi connectivity index (χ2v) is 10.9. The van der Waals surface area contributed by atoms with Crippen molar-refractivity contribution in [2.24, 2.45) is 23.2 Å². The molecule has 1 aromatic carbocycles. The molecule has 1 saturated carbocycles. The highest BCUT2D eigenvalue weighted by Crippen LogP contribution is 2.38. The molecule has 0 spiro atoms. The van der Waals surface area contributed by atoms with E-state index in [1.54, 1.807) is 0 Å². The van der Waals surface area contributed by atoms with E-state index in [0.29, 0.717) is 17.9 Å². The van der Waals surface area contributed by atoms with Gasteiger partial charge in [0.1, 0.15) is 0 Å². The third-order valence-corrected chi connectivity index (χ3v) is 6.41. The Balaban J connectivity index is 1.55. The van der Waals surface area contributed by atoms with Crippen molar-refractivity contribution in [3.05, 3.63) is 35.9 Å². The third-order valence-electron chi connectivity index (χ3n) is 6.41. The van der Waals surface area contributed by atoms with Crippen molar-refractivity contribution < 1.29 is 4.79 Å². The molecule has 3 unspecified atom stereocenters. The zero-order chi connectivity index (χ0) is 21.0. The number of hydrogen-bond donors (Lipinski definition) is 2. The summed E-state index contributed by atoms with van der Waals surface area (Å²) in [6, 6.07) is 11.0. The van der Waals surface area contributed by atoms with Gasteiger partial charge in [-0.05, 0) is 48.0 Å². The molecule has 29 heavy (non-hydrogen) atoms. The van der Waals surface area contributed by atoms with E-state index < -0.39 is 0 Å². The summed E-state index contributed by atoms with van der Waals surface area (Å²) in [6.07, 6.45) is 3.27. The summed E-state index contributed by atoms with van der Waals surface area (Å²) < 4.78 is 0. The summed E-state index contributed by atoms with van der Waals surface area (Å²) in [4.78, 5) is 15.7. The molecule has 1 aliphatic heterocycles. The van der Waals surface area contributed by atoms with Crippen LogP contribution in [0.1, 0.15) is 59.4 Å². The topological polar surface area (TPSA) is 44.4 Å². The van der Waals surface area contributed by atoms with Gasteiger partial charge in [0.05, 0.1) is 6.04 Å². The van der Waals surface area contributed by atoms with Crippen molar-refractivity contribution in [1.29, 1.82) is 0 Å². The molecular formula is C25H41N3O. The van der Waals surface area contributed by atoms with E-state index in [2.05, 4.69) is 80.5 Å². The molecule has 1 amide bonds. The average Bonchev–Trinajstić information content (AvgIpc) is 3.19. The van der Waals surface area contributed by atoms with E-state index in [0.717, 1.165) is 38.4 Å². The van der Waals surface area contributed by atoms with Gasteiger partial charge in [-0.25, -0.2) is 0 Å². The summed E-state index contributed by atoms with van der Waals surface area (Å²) in [5.41, 5.74) is 1.56. The highest BCUT2D eigenvalue weighted by Gasteiger charge is 2.43. The van der Waals surface area contributed by atoms with Crippen LogP contribution in [0.4, 0.5) is 0 Å². The normalized spacial score (nSPS) is 25.9. The number of carbonyl (C=O) groups excluding carboxylic acids is 1. The Bertz CT molecular complexity index is 652. The first-order valence-corrected chi connectivity index (χ1v) is 11.5. The molecule has 3 rings (SSSR count). The molecule has 2 fully saturated rings. The minimum atomic E-state index is -0.0879. The van der Waals surface area contributed by atoms with Crippen LogP contribution < -0.4 is 10.6 Å². The monoisotopic (exact) mass is 399 g/mol. The molecular weight excluding hydrogens is 358 g/mol.